The number of hydrogen-bond donors (Lipinski definition) is 2. The summed E-state index contributed by atoms with van der Waals surface area (Å²) >= 11 is 1.39. The van der Waals surface area contributed by atoms with Crippen LogP contribution in [-0.2, 0) is 17.0 Å². The van der Waals surface area contributed by atoms with Crippen molar-refractivity contribution in [2.75, 3.05) is 5.32 Å². The molecule has 0 saturated carbocycles. The summed E-state index contributed by atoms with van der Waals surface area (Å²) in [6.45, 7) is 1.65. The molecule has 1 amide bonds. The number of benzene rings is 2. The van der Waals surface area contributed by atoms with Crippen LogP contribution in [-0.4, -0.2) is 15.9 Å². The number of hydrogen-bond acceptors (Lipinski definition) is 4. The highest BCUT2D eigenvalue weighted by molar-refractivity contribution is 7.98. The molecule has 1 aromatic heterocycles. The van der Waals surface area contributed by atoms with Gasteiger partial charge in [-0.25, -0.2) is 13.8 Å². The lowest BCUT2D eigenvalue weighted by Gasteiger charge is -2.08. The van der Waals surface area contributed by atoms with Crippen LogP contribution in [0.1, 0.15) is 16.8 Å². The third kappa shape index (κ3) is 5.04. The monoisotopic (exact) mass is 401 g/mol. The van der Waals surface area contributed by atoms with E-state index < -0.39 is 23.1 Å². The van der Waals surface area contributed by atoms with Gasteiger partial charge in [0.25, 0.3) is 5.56 Å². The number of H-pyrrole nitrogens is 1. The molecule has 8 heteroatoms. The smallest absolute Gasteiger partial charge is 0.255 e. The molecule has 0 bridgehead atoms. The van der Waals surface area contributed by atoms with Gasteiger partial charge in [-0.2, -0.15) is 0 Å². The van der Waals surface area contributed by atoms with Gasteiger partial charge < -0.3 is 10.3 Å². The summed E-state index contributed by atoms with van der Waals surface area (Å²) in [5.74, 6) is -1.93. The van der Waals surface area contributed by atoms with Crippen LogP contribution in [0.2, 0.25) is 0 Å². The zero-order valence-corrected chi connectivity index (χ0v) is 15.8. The molecule has 0 atom stereocenters. The Labute approximate surface area is 164 Å². The number of aryl methyl sites for hydroxylation is 1. The second kappa shape index (κ2) is 8.79. The van der Waals surface area contributed by atoms with Crippen molar-refractivity contribution in [3.05, 3.63) is 87.3 Å². The number of aromatic amines is 1. The molecule has 0 aliphatic rings. The molecule has 2 aromatic carbocycles. The Hall–Kier alpha value is -3.00. The maximum Gasteiger partial charge on any atom is 0.255 e. The molecule has 28 heavy (non-hydrogen) atoms. The number of anilines is 1. The number of thioether (sulfide) groups is 1. The number of amides is 1. The number of carbonyl (C=O) groups excluding carboxylic acids is 1. The van der Waals surface area contributed by atoms with Gasteiger partial charge in [-0.1, -0.05) is 42.1 Å². The van der Waals surface area contributed by atoms with Crippen LogP contribution in [0.5, 0.6) is 0 Å². The van der Waals surface area contributed by atoms with Crippen molar-refractivity contribution in [1.82, 2.24) is 9.97 Å². The average molecular weight is 401 g/mol. The molecule has 3 rings (SSSR count). The summed E-state index contributed by atoms with van der Waals surface area (Å²) in [5, 5.41) is 2.91. The summed E-state index contributed by atoms with van der Waals surface area (Å²) in [7, 11) is 0. The van der Waals surface area contributed by atoms with Crippen LogP contribution in [0.3, 0.4) is 0 Å². The van der Waals surface area contributed by atoms with E-state index in [-0.39, 0.29) is 17.7 Å². The van der Waals surface area contributed by atoms with E-state index in [4.69, 9.17) is 0 Å². The summed E-state index contributed by atoms with van der Waals surface area (Å²) in [4.78, 5) is 31.6. The summed E-state index contributed by atoms with van der Waals surface area (Å²) in [6.07, 6.45) is -0.225. The molecule has 0 spiro atoms. The van der Waals surface area contributed by atoms with E-state index in [1.165, 1.54) is 17.8 Å². The molecule has 144 valence electrons. The minimum Gasteiger partial charge on any atom is -0.326 e. The van der Waals surface area contributed by atoms with Crippen LogP contribution in [0, 0.1) is 18.6 Å². The predicted octanol–water partition coefficient (Wildman–Crippen LogP) is 3.83. The highest BCUT2D eigenvalue weighted by Crippen LogP contribution is 2.19. The fourth-order valence-electron chi connectivity index (χ4n) is 2.53. The lowest BCUT2D eigenvalue weighted by molar-refractivity contribution is -0.115. The third-order valence-corrected chi connectivity index (χ3v) is 4.90. The zero-order valence-electron chi connectivity index (χ0n) is 15.0. The van der Waals surface area contributed by atoms with E-state index in [1.807, 2.05) is 30.3 Å². The van der Waals surface area contributed by atoms with Crippen LogP contribution in [0.25, 0.3) is 0 Å². The first kappa shape index (κ1) is 19.8. The molecule has 0 aliphatic carbocycles. The largest absolute Gasteiger partial charge is 0.326 e. The summed E-state index contributed by atoms with van der Waals surface area (Å²) < 4.78 is 26.2. The number of rotatable bonds is 6. The Morgan fingerprint density at radius 3 is 2.57 bits per heavy atom. The molecule has 2 N–H and O–H groups in total. The van der Waals surface area contributed by atoms with E-state index in [9.17, 15) is 18.4 Å². The SMILES string of the molecule is Cc1nc(SCc2ccccc2)[nH]c(=O)c1CC(=O)Nc1ccc(F)c(F)c1. The lowest BCUT2D eigenvalue weighted by Crippen LogP contribution is -2.23. The maximum absolute atomic E-state index is 13.2. The number of nitrogens with zero attached hydrogens (tertiary/aromatic N) is 1. The van der Waals surface area contributed by atoms with Crippen molar-refractivity contribution >= 4 is 23.4 Å². The molecule has 0 aliphatic heterocycles. The number of aromatic nitrogens is 2. The Kier molecular flexibility index (Phi) is 6.20. The highest BCUT2D eigenvalue weighted by atomic mass is 32.2. The molecular formula is C20H17F2N3O2S. The van der Waals surface area contributed by atoms with E-state index in [0.717, 1.165) is 17.7 Å². The number of nitrogens with one attached hydrogen (secondary N) is 2. The van der Waals surface area contributed by atoms with E-state index in [2.05, 4.69) is 15.3 Å². The van der Waals surface area contributed by atoms with Crippen LogP contribution < -0.4 is 10.9 Å². The molecule has 0 unspecified atom stereocenters. The first-order chi connectivity index (χ1) is 13.4. The second-order valence-corrected chi connectivity index (χ2v) is 7.03. The molecule has 1 heterocycles. The molecule has 3 aromatic rings. The summed E-state index contributed by atoms with van der Waals surface area (Å²) in [6, 6.07) is 12.8. The van der Waals surface area contributed by atoms with Gasteiger partial charge >= 0.3 is 0 Å². The second-order valence-electron chi connectivity index (χ2n) is 6.06. The van der Waals surface area contributed by atoms with Crippen LogP contribution >= 0.6 is 11.8 Å². The van der Waals surface area contributed by atoms with Crippen LogP contribution in [0.4, 0.5) is 14.5 Å². The normalized spacial score (nSPS) is 10.7. The van der Waals surface area contributed by atoms with Crippen molar-refractivity contribution in [1.29, 1.82) is 0 Å². The first-order valence-electron chi connectivity index (χ1n) is 8.44. The molecule has 5 nitrogen and oxygen atoms in total. The minimum atomic E-state index is -1.06. The van der Waals surface area contributed by atoms with Crippen molar-refractivity contribution in [2.24, 2.45) is 0 Å². The minimum absolute atomic E-state index is 0.112. The van der Waals surface area contributed by atoms with Crippen molar-refractivity contribution < 1.29 is 13.6 Å². The van der Waals surface area contributed by atoms with Crippen molar-refractivity contribution in [3.63, 3.8) is 0 Å². The van der Waals surface area contributed by atoms with Crippen LogP contribution in [0.15, 0.2) is 58.5 Å². The quantitative estimate of drug-likeness (QED) is 0.486. The topological polar surface area (TPSA) is 74.8 Å². The molecule has 0 radical (unpaired) electrons. The Balaban J connectivity index is 1.67. The van der Waals surface area contributed by atoms with Gasteiger partial charge in [0.2, 0.25) is 5.91 Å². The Morgan fingerprint density at radius 2 is 1.89 bits per heavy atom. The molecular weight excluding hydrogens is 384 g/mol. The molecule has 0 saturated heterocycles. The zero-order chi connectivity index (χ0) is 20.1. The fraction of sp³-hybridized carbons (Fsp3) is 0.150. The number of halogens is 2. The first-order valence-corrected chi connectivity index (χ1v) is 9.42. The van der Waals surface area contributed by atoms with Crippen molar-refractivity contribution in [3.8, 4) is 0 Å². The summed E-state index contributed by atoms with van der Waals surface area (Å²) in [5.41, 5.74) is 1.48. The van der Waals surface area contributed by atoms with Gasteiger partial charge in [0.1, 0.15) is 0 Å². The average Bonchev–Trinajstić information content (AvgIpc) is 2.67. The molecule has 0 fully saturated rings. The van der Waals surface area contributed by atoms with Crippen molar-refractivity contribution in [2.45, 2.75) is 24.3 Å². The Morgan fingerprint density at radius 1 is 1.14 bits per heavy atom. The fourth-order valence-corrected chi connectivity index (χ4v) is 3.39. The van der Waals surface area contributed by atoms with Gasteiger partial charge in [0.15, 0.2) is 16.8 Å². The van der Waals surface area contributed by atoms with Gasteiger partial charge in [0, 0.05) is 28.8 Å². The number of carbonyl (C=O) groups is 1. The van der Waals surface area contributed by atoms with E-state index >= 15 is 0 Å². The lowest BCUT2D eigenvalue weighted by atomic mass is 10.1. The highest BCUT2D eigenvalue weighted by Gasteiger charge is 2.14. The van der Waals surface area contributed by atoms with Gasteiger partial charge in [-0.15, -0.1) is 0 Å². The van der Waals surface area contributed by atoms with E-state index in [0.29, 0.717) is 16.6 Å². The van der Waals surface area contributed by atoms with E-state index in [1.54, 1.807) is 6.92 Å². The van der Waals surface area contributed by atoms with Gasteiger partial charge in [-0.3, -0.25) is 9.59 Å². The Bertz CT molecular complexity index is 1060. The standard InChI is InChI=1S/C20H17F2N3O2S/c1-12-15(10-18(26)24-14-7-8-16(21)17(22)9-14)19(27)25-20(23-12)28-11-13-5-3-2-4-6-13/h2-9H,10-11H2,1H3,(H,24,26)(H,23,25,27). The maximum atomic E-state index is 13.2. The van der Waals surface area contributed by atoms with Gasteiger partial charge in [0.05, 0.1) is 6.42 Å². The third-order valence-electron chi connectivity index (χ3n) is 3.96. The predicted molar refractivity (Wildman–Crippen MR) is 104 cm³/mol. The van der Waals surface area contributed by atoms with Gasteiger partial charge in [-0.05, 0) is 24.6 Å².